The number of halogens is 2. The molecule has 9 nitrogen and oxygen atoms in total. The maximum Gasteiger partial charge on any atom is 0.269 e. The van der Waals surface area contributed by atoms with Crippen molar-refractivity contribution < 1.29 is 18.4 Å². The summed E-state index contributed by atoms with van der Waals surface area (Å²) in [4.78, 5) is 39.5. The van der Waals surface area contributed by atoms with E-state index in [0.717, 1.165) is 0 Å². The summed E-state index contributed by atoms with van der Waals surface area (Å²) >= 11 is 0. The van der Waals surface area contributed by atoms with Gasteiger partial charge in [-0.05, 0) is 30.7 Å². The van der Waals surface area contributed by atoms with E-state index in [1.807, 2.05) is 6.07 Å². The number of benzodiazepines with no additional fused rings is 1. The molecule has 2 N–H and O–H groups in total. The minimum atomic E-state index is -1.45. The molecule has 4 heterocycles. The number of amides is 2. The first-order valence-corrected chi connectivity index (χ1v) is 11.9. The summed E-state index contributed by atoms with van der Waals surface area (Å²) in [5, 5.41) is 9.52. The van der Waals surface area contributed by atoms with E-state index in [2.05, 4.69) is 30.7 Å². The predicted octanol–water partition coefficient (Wildman–Crippen LogP) is 3.92. The Morgan fingerprint density at radius 1 is 1.03 bits per heavy atom. The van der Waals surface area contributed by atoms with E-state index in [9.17, 15) is 18.4 Å². The van der Waals surface area contributed by atoms with Crippen molar-refractivity contribution in [1.29, 1.82) is 0 Å². The summed E-state index contributed by atoms with van der Waals surface area (Å²) < 4.78 is 30.9. The van der Waals surface area contributed by atoms with Crippen LogP contribution in [0.3, 0.4) is 0 Å². The minimum absolute atomic E-state index is 0.00100. The lowest BCUT2D eigenvalue weighted by Gasteiger charge is -2.14. The molecule has 0 unspecified atom stereocenters. The van der Waals surface area contributed by atoms with E-state index < -0.39 is 29.7 Å². The van der Waals surface area contributed by atoms with Crippen LogP contribution >= 0.6 is 0 Å². The maximum atomic E-state index is 14.8. The van der Waals surface area contributed by atoms with Gasteiger partial charge in [-0.25, -0.2) is 23.9 Å². The zero-order valence-electron chi connectivity index (χ0n) is 20.4. The second-order valence-corrected chi connectivity index (χ2v) is 8.83. The van der Waals surface area contributed by atoms with Crippen molar-refractivity contribution in [3.05, 3.63) is 113 Å². The number of aromatic nitrogens is 4. The molecule has 2 amide bonds. The number of hydrogen-bond donors (Lipinski definition) is 2. The van der Waals surface area contributed by atoms with Crippen molar-refractivity contribution in [1.82, 2.24) is 24.9 Å². The largest absolute Gasteiger partial charge is 0.322 e. The van der Waals surface area contributed by atoms with Crippen LogP contribution in [0.2, 0.25) is 0 Å². The highest BCUT2D eigenvalue weighted by molar-refractivity contribution is 6.20. The molecule has 0 saturated carbocycles. The Bertz CT molecular complexity index is 1800. The van der Waals surface area contributed by atoms with E-state index in [1.54, 1.807) is 49.5 Å². The number of benzene rings is 2. The third-order valence-electron chi connectivity index (χ3n) is 6.19. The Kier molecular flexibility index (Phi) is 5.87. The number of carbonyl (C=O) groups excluding carboxylic acids is 2. The molecule has 1 atom stereocenters. The number of nitrogens with one attached hydrogen (secondary N) is 2. The van der Waals surface area contributed by atoms with Crippen LogP contribution in [0, 0.1) is 18.7 Å². The Labute approximate surface area is 220 Å². The highest BCUT2D eigenvalue weighted by Gasteiger charge is 2.32. The molecule has 0 saturated heterocycles. The van der Waals surface area contributed by atoms with Crippen LogP contribution in [0.25, 0.3) is 16.9 Å². The molecule has 11 heteroatoms. The molecule has 1 aliphatic rings. The van der Waals surface area contributed by atoms with Crippen LogP contribution in [-0.2, 0) is 4.79 Å². The summed E-state index contributed by atoms with van der Waals surface area (Å²) in [6, 6.07) is 16.4. The summed E-state index contributed by atoms with van der Waals surface area (Å²) in [6.07, 6.45) is 2.93. The Balaban J connectivity index is 1.47. The van der Waals surface area contributed by atoms with Crippen molar-refractivity contribution >= 4 is 28.9 Å². The van der Waals surface area contributed by atoms with E-state index in [-0.39, 0.29) is 28.2 Å². The van der Waals surface area contributed by atoms with Crippen molar-refractivity contribution in [2.75, 3.05) is 5.32 Å². The predicted molar refractivity (Wildman–Crippen MR) is 139 cm³/mol. The molecule has 39 heavy (non-hydrogen) atoms. The third kappa shape index (κ3) is 4.29. The van der Waals surface area contributed by atoms with Crippen LogP contribution in [0.1, 0.15) is 27.0 Å². The first kappa shape index (κ1) is 24.0. The van der Waals surface area contributed by atoms with Gasteiger partial charge in [0.15, 0.2) is 5.65 Å². The lowest BCUT2D eigenvalue weighted by atomic mass is 10.0. The van der Waals surface area contributed by atoms with Crippen LogP contribution in [-0.4, -0.2) is 43.3 Å². The molecule has 5 aromatic rings. The zero-order valence-corrected chi connectivity index (χ0v) is 20.4. The van der Waals surface area contributed by atoms with E-state index in [4.69, 9.17) is 0 Å². The fourth-order valence-electron chi connectivity index (χ4n) is 4.42. The zero-order chi connectivity index (χ0) is 27.1. The van der Waals surface area contributed by atoms with Gasteiger partial charge < -0.3 is 10.6 Å². The second kappa shape index (κ2) is 9.53. The minimum Gasteiger partial charge on any atom is -0.322 e. The number of aliphatic imine (C=N–C) groups is 1. The van der Waals surface area contributed by atoms with Crippen molar-refractivity contribution in [3.8, 4) is 11.3 Å². The van der Waals surface area contributed by atoms with Gasteiger partial charge in [-0.1, -0.05) is 42.5 Å². The second-order valence-electron chi connectivity index (χ2n) is 8.83. The molecule has 2 aromatic carbocycles. The van der Waals surface area contributed by atoms with Crippen LogP contribution in [0.5, 0.6) is 0 Å². The quantitative estimate of drug-likeness (QED) is 0.347. The number of nitrogens with zero attached hydrogens (tertiary/aromatic N) is 5. The molecule has 6 rings (SSSR count). The van der Waals surface area contributed by atoms with Gasteiger partial charge >= 0.3 is 0 Å². The molecule has 1 aliphatic heterocycles. The highest BCUT2D eigenvalue weighted by Crippen LogP contribution is 2.29. The molecule has 3 aromatic heterocycles. The molecular weight excluding hydrogens is 504 g/mol. The van der Waals surface area contributed by atoms with Gasteiger partial charge in [0.1, 0.15) is 17.1 Å². The molecule has 192 valence electrons. The van der Waals surface area contributed by atoms with Crippen LogP contribution in [0.15, 0.2) is 84.2 Å². The van der Waals surface area contributed by atoms with Crippen molar-refractivity contribution in [2.45, 2.75) is 13.1 Å². The topological polar surface area (TPSA) is 114 Å². The van der Waals surface area contributed by atoms with Gasteiger partial charge in [0.25, 0.3) is 11.8 Å². The van der Waals surface area contributed by atoms with Crippen LogP contribution in [0.4, 0.5) is 14.5 Å². The average Bonchev–Trinajstić information content (AvgIpc) is 3.26. The number of hydrogen-bond acceptors (Lipinski definition) is 6. The van der Waals surface area contributed by atoms with Gasteiger partial charge in [-0.3, -0.25) is 9.59 Å². The van der Waals surface area contributed by atoms with Gasteiger partial charge in [0.2, 0.25) is 12.1 Å². The van der Waals surface area contributed by atoms with E-state index in [1.165, 1.54) is 35.1 Å². The summed E-state index contributed by atoms with van der Waals surface area (Å²) in [6.45, 7) is 1.73. The summed E-state index contributed by atoms with van der Waals surface area (Å²) in [5.74, 6) is -2.99. The first-order chi connectivity index (χ1) is 18.9. The van der Waals surface area contributed by atoms with Crippen molar-refractivity contribution in [2.24, 2.45) is 4.99 Å². The van der Waals surface area contributed by atoms with Gasteiger partial charge in [-0.2, -0.15) is 9.49 Å². The molecule has 0 fully saturated rings. The Morgan fingerprint density at radius 3 is 2.67 bits per heavy atom. The van der Waals surface area contributed by atoms with Gasteiger partial charge in [0.05, 0.1) is 17.0 Å². The Hall–Kier alpha value is -5.32. The molecule has 0 spiro atoms. The lowest BCUT2D eigenvalue weighted by molar-refractivity contribution is -0.117. The number of anilines is 1. The summed E-state index contributed by atoms with van der Waals surface area (Å²) in [5.41, 5.74) is 1.95. The van der Waals surface area contributed by atoms with Crippen molar-refractivity contribution in [3.63, 3.8) is 0 Å². The number of aryl methyl sites for hydroxylation is 1. The van der Waals surface area contributed by atoms with E-state index >= 15 is 0 Å². The smallest absolute Gasteiger partial charge is 0.269 e. The monoisotopic (exact) mass is 523 g/mol. The SMILES string of the molecule is Cc1cnc(F)c(-c2nn3cccnc3c2C(=O)N[C@H]2N=C(c3ccccc3)c3cccc(F)c3NC2=O)c1. The molecular formula is C28H19F2N7O2. The molecule has 0 radical (unpaired) electrons. The van der Waals surface area contributed by atoms with E-state index in [0.29, 0.717) is 22.4 Å². The third-order valence-corrected chi connectivity index (χ3v) is 6.19. The number of carbonyl (C=O) groups is 2. The standard InChI is InChI=1S/C28H19F2N7O2/c1-15-13-18(24(30)32-14-15)23-20(26-31-11-6-12-37(26)36-23)27(38)35-25-28(39)34-22-17(9-5-10-19(22)29)21(33-25)16-7-3-2-4-8-16/h2-14,25H,1H3,(H,34,39)(H,35,38)/t25-/m1/s1. The number of fused-ring (bicyclic) bond motifs is 2. The summed E-state index contributed by atoms with van der Waals surface area (Å²) in [7, 11) is 0. The molecule has 0 aliphatic carbocycles. The maximum absolute atomic E-state index is 14.8. The Morgan fingerprint density at radius 2 is 1.85 bits per heavy atom. The normalized spacial score (nSPS) is 14.8. The van der Waals surface area contributed by atoms with Gasteiger partial charge in [0, 0.05) is 29.7 Å². The fraction of sp³-hybridized carbons (Fsp3) is 0.0714. The first-order valence-electron chi connectivity index (χ1n) is 11.9. The van der Waals surface area contributed by atoms with Gasteiger partial charge in [-0.15, -0.1) is 0 Å². The number of para-hydroxylation sites is 1. The molecule has 0 bridgehead atoms. The number of rotatable bonds is 4. The fourth-order valence-corrected chi connectivity index (χ4v) is 4.42. The number of pyridine rings is 1. The van der Waals surface area contributed by atoms with Crippen LogP contribution < -0.4 is 10.6 Å². The lowest BCUT2D eigenvalue weighted by Crippen LogP contribution is -2.42. The highest BCUT2D eigenvalue weighted by atomic mass is 19.1. The average molecular weight is 524 g/mol.